The highest BCUT2D eigenvalue weighted by Crippen LogP contribution is 2.28. The smallest absolute Gasteiger partial charge is 0.321 e. The fourth-order valence-electron chi connectivity index (χ4n) is 3.35. The van der Waals surface area contributed by atoms with Gasteiger partial charge in [-0.15, -0.1) is 0 Å². The summed E-state index contributed by atoms with van der Waals surface area (Å²) in [6, 6.07) is 11.2. The largest absolute Gasteiger partial charge is 0.339 e. The number of likely N-dealkylation sites (tertiary alicyclic amines) is 1. The molecule has 0 bridgehead atoms. The number of carbonyl (C=O) groups excluding carboxylic acids is 1. The molecule has 1 fully saturated rings. The highest BCUT2D eigenvalue weighted by Gasteiger charge is 2.29. The first-order valence-corrected chi connectivity index (χ1v) is 9.79. The fraction of sp³-hybridized carbons (Fsp3) is 0.286. The lowest BCUT2D eigenvalue weighted by molar-refractivity contribution is 0.184. The minimum atomic E-state index is -0.318. The van der Waals surface area contributed by atoms with Gasteiger partial charge in [0.1, 0.15) is 5.82 Å². The van der Waals surface area contributed by atoms with Crippen molar-refractivity contribution in [1.82, 2.24) is 15.0 Å². The van der Waals surface area contributed by atoms with E-state index < -0.39 is 0 Å². The van der Waals surface area contributed by atoms with E-state index in [1.165, 1.54) is 12.1 Å². The third-order valence-corrected chi connectivity index (χ3v) is 5.43. The van der Waals surface area contributed by atoms with Crippen LogP contribution in [0, 0.1) is 12.7 Å². The van der Waals surface area contributed by atoms with Crippen molar-refractivity contribution >= 4 is 23.3 Å². The number of nitrogens with zero attached hydrogens (tertiary/aromatic N) is 3. The molecule has 1 unspecified atom stereocenters. The maximum Gasteiger partial charge on any atom is 0.321 e. The van der Waals surface area contributed by atoms with Crippen LogP contribution in [0.4, 0.5) is 14.9 Å². The molecule has 8 heteroatoms. The summed E-state index contributed by atoms with van der Waals surface area (Å²) in [5.74, 6) is 0.537. The van der Waals surface area contributed by atoms with Crippen LogP contribution in [0.2, 0.25) is 5.02 Å². The molecule has 150 valence electrons. The van der Waals surface area contributed by atoms with E-state index in [9.17, 15) is 9.18 Å². The summed E-state index contributed by atoms with van der Waals surface area (Å²) in [4.78, 5) is 18.9. The monoisotopic (exact) mass is 414 g/mol. The van der Waals surface area contributed by atoms with Gasteiger partial charge in [-0.05, 0) is 61.7 Å². The van der Waals surface area contributed by atoms with Crippen LogP contribution in [-0.2, 0) is 0 Å². The lowest BCUT2D eigenvalue weighted by atomic mass is 9.98. The summed E-state index contributed by atoms with van der Waals surface area (Å²) in [6.07, 6.45) is 1.69. The number of anilines is 1. The normalized spacial score (nSPS) is 16.7. The molecule has 29 heavy (non-hydrogen) atoms. The number of aryl methyl sites for hydroxylation is 1. The lowest BCUT2D eigenvalue weighted by Gasteiger charge is -2.31. The summed E-state index contributed by atoms with van der Waals surface area (Å²) in [5, 5.41) is 7.50. The van der Waals surface area contributed by atoms with E-state index in [2.05, 4.69) is 15.5 Å². The molecule has 1 aliphatic heterocycles. The van der Waals surface area contributed by atoms with Crippen LogP contribution >= 0.6 is 11.6 Å². The van der Waals surface area contributed by atoms with Crippen molar-refractivity contribution in [2.45, 2.75) is 25.7 Å². The van der Waals surface area contributed by atoms with Gasteiger partial charge in [0.25, 0.3) is 0 Å². The van der Waals surface area contributed by atoms with Crippen molar-refractivity contribution < 1.29 is 13.7 Å². The maximum absolute atomic E-state index is 13.1. The Balaban J connectivity index is 1.43. The highest BCUT2D eigenvalue weighted by atomic mass is 35.5. The second kappa shape index (κ2) is 8.21. The van der Waals surface area contributed by atoms with Crippen LogP contribution in [0.3, 0.4) is 0 Å². The Morgan fingerprint density at radius 3 is 2.83 bits per heavy atom. The zero-order chi connectivity index (χ0) is 20.4. The molecule has 0 radical (unpaired) electrons. The van der Waals surface area contributed by atoms with Crippen LogP contribution in [0.15, 0.2) is 47.0 Å². The van der Waals surface area contributed by atoms with Crippen molar-refractivity contribution in [2.24, 2.45) is 0 Å². The third-order valence-electron chi connectivity index (χ3n) is 5.03. The zero-order valence-corrected chi connectivity index (χ0v) is 16.6. The van der Waals surface area contributed by atoms with E-state index in [1.807, 2.05) is 19.1 Å². The predicted octanol–water partition coefficient (Wildman–Crippen LogP) is 5.25. The van der Waals surface area contributed by atoms with E-state index in [4.69, 9.17) is 16.1 Å². The van der Waals surface area contributed by atoms with E-state index in [-0.39, 0.29) is 17.8 Å². The SMILES string of the molecule is Cc1ccc(NC(=O)N2CCCC(c3nc(-c4ccc(F)cc4)no3)C2)cc1Cl. The Morgan fingerprint density at radius 2 is 2.07 bits per heavy atom. The van der Waals surface area contributed by atoms with Gasteiger partial charge in [0.15, 0.2) is 0 Å². The van der Waals surface area contributed by atoms with Crippen molar-refractivity contribution in [3.63, 3.8) is 0 Å². The molecule has 2 heterocycles. The summed E-state index contributed by atoms with van der Waals surface area (Å²) in [6.45, 7) is 3.05. The number of carbonyl (C=O) groups is 1. The quantitative estimate of drug-likeness (QED) is 0.635. The molecule has 1 aromatic heterocycles. The van der Waals surface area contributed by atoms with Crippen LogP contribution in [0.25, 0.3) is 11.4 Å². The first-order valence-electron chi connectivity index (χ1n) is 9.41. The average Bonchev–Trinajstić information content (AvgIpc) is 3.22. The van der Waals surface area contributed by atoms with Gasteiger partial charge in [0, 0.05) is 29.4 Å². The first kappa shape index (κ1) is 19.4. The number of hydrogen-bond acceptors (Lipinski definition) is 4. The molecule has 4 rings (SSSR count). The molecule has 0 spiro atoms. The topological polar surface area (TPSA) is 71.3 Å². The molecule has 6 nitrogen and oxygen atoms in total. The van der Waals surface area contributed by atoms with Gasteiger partial charge >= 0.3 is 6.03 Å². The summed E-state index contributed by atoms with van der Waals surface area (Å²) in [7, 11) is 0. The average molecular weight is 415 g/mol. The molecule has 0 saturated carbocycles. The first-order chi connectivity index (χ1) is 14.0. The van der Waals surface area contributed by atoms with Crippen molar-refractivity contribution in [3.05, 3.63) is 64.8 Å². The Kier molecular flexibility index (Phi) is 5.49. The van der Waals surface area contributed by atoms with Gasteiger partial charge in [-0.2, -0.15) is 4.98 Å². The predicted molar refractivity (Wildman–Crippen MR) is 108 cm³/mol. The standard InChI is InChI=1S/C21H20ClFN4O2/c1-13-4-9-17(11-18(13)22)24-21(28)27-10-2-3-15(12-27)20-25-19(26-29-20)14-5-7-16(23)8-6-14/h4-9,11,15H,2-3,10,12H2,1H3,(H,24,28). The third kappa shape index (κ3) is 4.40. The summed E-state index contributed by atoms with van der Waals surface area (Å²) >= 11 is 6.13. The number of urea groups is 1. The molecule has 2 amide bonds. The number of piperidine rings is 1. The van der Waals surface area contributed by atoms with Gasteiger partial charge in [-0.25, -0.2) is 9.18 Å². The van der Waals surface area contributed by atoms with E-state index in [0.29, 0.717) is 41.1 Å². The van der Waals surface area contributed by atoms with Gasteiger partial charge in [-0.3, -0.25) is 0 Å². The molecule has 1 aliphatic rings. The van der Waals surface area contributed by atoms with Crippen LogP contribution in [0.1, 0.15) is 30.2 Å². The van der Waals surface area contributed by atoms with Crippen molar-refractivity contribution in [3.8, 4) is 11.4 Å². The van der Waals surface area contributed by atoms with Crippen molar-refractivity contribution in [2.75, 3.05) is 18.4 Å². The number of halogens is 2. The second-order valence-corrected chi connectivity index (χ2v) is 7.55. The van der Waals surface area contributed by atoms with Crippen molar-refractivity contribution in [1.29, 1.82) is 0 Å². The highest BCUT2D eigenvalue weighted by molar-refractivity contribution is 6.31. The molecule has 1 atom stereocenters. The van der Waals surface area contributed by atoms with E-state index in [1.54, 1.807) is 23.1 Å². The molecule has 2 aromatic carbocycles. The minimum Gasteiger partial charge on any atom is -0.339 e. The van der Waals surface area contributed by atoms with E-state index in [0.717, 1.165) is 18.4 Å². The summed E-state index contributed by atoms with van der Waals surface area (Å²) in [5.41, 5.74) is 2.29. The number of nitrogens with one attached hydrogen (secondary N) is 1. The zero-order valence-electron chi connectivity index (χ0n) is 15.9. The number of benzene rings is 2. The molecule has 3 aromatic rings. The molecule has 0 aliphatic carbocycles. The van der Waals surface area contributed by atoms with Gasteiger partial charge in [-0.1, -0.05) is 22.8 Å². The molecular weight excluding hydrogens is 395 g/mol. The minimum absolute atomic E-state index is 0.0437. The van der Waals surface area contributed by atoms with Crippen LogP contribution in [-0.4, -0.2) is 34.2 Å². The fourth-order valence-corrected chi connectivity index (χ4v) is 3.53. The number of amides is 2. The molecule has 1 N–H and O–H groups in total. The van der Waals surface area contributed by atoms with E-state index >= 15 is 0 Å². The number of aromatic nitrogens is 2. The number of hydrogen-bond donors (Lipinski definition) is 1. The van der Waals surface area contributed by atoms with Crippen LogP contribution in [0.5, 0.6) is 0 Å². The van der Waals surface area contributed by atoms with Gasteiger partial charge in [0.2, 0.25) is 11.7 Å². The second-order valence-electron chi connectivity index (χ2n) is 7.14. The summed E-state index contributed by atoms with van der Waals surface area (Å²) < 4.78 is 18.5. The molecular formula is C21H20ClFN4O2. The Bertz CT molecular complexity index is 1020. The van der Waals surface area contributed by atoms with Crippen LogP contribution < -0.4 is 5.32 Å². The number of rotatable bonds is 3. The lowest BCUT2D eigenvalue weighted by Crippen LogP contribution is -2.41. The van der Waals surface area contributed by atoms with Gasteiger partial charge < -0.3 is 14.7 Å². The Morgan fingerprint density at radius 1 is 1.28 bits per heavy atom. The Hall–Kier alpha value is -2.93. The van der Waals surface area contributed by atoms with Gasteiger partial charge in [0.05, 0.1) is 5.92 Å². The maximum atomic E-state index is 13.1. The molecule has 1 saturated heterocycles. The Labute approximate surface area is 172 Å².